The number of anilines is 1. The first-order valence-electron chi connectivity index (χ1n) is 7.26. The summed E-state index contributed by atoms with van der Waals surface area (Å²) in [5.74, 6) is 2.07. The van der Waals surface area contributed by atoms with Crippen LogP contribution in [0.3, 0.4) is 0 Å². The highest BCUT2D eigenvalue weighted by atomic mass is 79.9. The lowest BCUT2D eigenvalue weighted by Gasteiger charge is -2.03. The van der Waals surface area contributed by atoms with Crippen LogP contribution in [0.5, 0.6) is 0 Å². The van der Waals surface area contributed by atoms with Gasteiger partial charge in [-0.2, -0.15) is 0 Å². The number of aromatic nitrogens is 1. The largest absolute Gasteiger partial charge is 0.461 e. The Morgan fingerprint density at radius 2 is 1.91 bits per heavy atom. The molecule has 0 radical (unpaired) electrons. The first-order valence-corrected chi connectivity index (χ1v) is 8.05. The van der Waals surface area contributed by atoms with Gasteiger partial charge in [0.1, 0.15) is 17.3 Å². The van der Waals surface area contributed by atoms with Gasteiger partial charge in [-0.1, -0.05) is 30.3 Å². The molecule has 2 aromatic heterocycles. The number of hydrogen-bond acceptors (Lipinski definition) is 3. The summed E-state index contributed by atoms with van der Waals surface area (Å²) in [7, 11) is 0. The van der Waals surface area contributed by atoms with Gasteiger partial charge in [-0.05, 0) is 40.2 Å². The van der Waals surface area contributed by atoms with Crippen molar-refractivity contribution in [3.8, 4) is 11.3 Å². The second-order valence-electron chi connectivity index (χ2n) is 5.04. The minimum absolute atomic E-state index is 0.0857. The predicted molar refractivity (Wildman–Crippen MR) is 93.0 cm³/mol. The maximum Gasteiger partial charge on any atom is 0.225 e. The van der Waals surface area contributed by atoms with Gasteiger partial charge in [-0.25, -0.2) is 4.98 Å². The molecule has 0 atom stereocenters. The average Bonchev–Trinajstić information content (AvgIpc) is 3.05. The van der Waals surface area contributed by atoms with Gasteiger partial charge >= 0.3 is 0 Å². The van der Waals surface area contributed by atoms with Gasteiger partial charge in [-0.15, -0.1) is 0 Å². The van der Waals surface area contributed by atoms with E-state index in [2.05, 4.69) is 26.2 Å². The van der Waals surface area contributed by atoms with E-state index in [1.165, 1.54) is 0 Å². The highest BCUT2D eigenvalue weighted by Crippen LogP contribution is 2.22. The van der Waals surface area contributed by atoms with Crippen molar-refractivity contribution < 1.29 is 9.21 Å². The zero-order chi connectivity index (χ0) is 16.1. The fraction of sp³-hybridized carbons (Fsp3) is 0.111. The lowest BCUT2D eigenvalue weighted by molar-refractivity contribution is -0.116. The third-order valence-electron chi connectivity index (χ3n) is 3.31. The number of carbonyl (C=O) groups is 1. The molecule has 0 spiro atoms. The van der Waals surface area contributed by atoms with Gasteiger partial charge in [0, 0.05) is 29.1 Å². The monoisotopic (exact) mass is 370 g/mol. The van der Waals surface area contributed by atoms with Gasteiger partial charge in [0.25, 0.3) is 0 Å². The van der Waals surface area contributed by atoms with Crippen molar-refractivity contribution in [2.75, 3.05) is 5.32 Å². The number of amides is 1. The number of benzene rings is 1. The van der Waals surface area contributed by atoms with Gasteiger partial charge in [0.05, 0.1) is 0 Å². The topological polar surface area (TPSA) is 55.1 Å². The molecule has 2 heterocycles. The SMILES string of the molecule is O=C(CCc1ccc(-c2ccccc2)o1)Nc1ccc(Br)cn1. The van der Waals surface area contributed by atoms with Crippen molar-refractivity contribution in [3.05, 3.63) is 71.0 Å². The number of aryl methyl sites for hydroxylation is 1. The van der Waals surface area contributed by atoms with E-state index in [1.807, 2.05) is 48.5 Å². The predicted octanol–water partition coefficient (Wildman–Crippen LogP) is 4.68. The molecule has 1 amide bonds. The Morgan fingerprint density at radius 1 is 1.09 bits per heavy atom. The van der Waals surface area contributed by atoms with Crippen molar-refractivity contribution >= 4 is 27.7 Å². The Morgan fingerprint density at radius 3 is 2.65 bits per heavy atom. The minimum Gasteiger partial charge on any atom is -0.461 e. The zero-order valence-corrected chi connectivity index (χ0v) is 13.9. The summed E-state index contributed by atoms with van der Waals surface area (Å²) in [5.41, 5.74) is 1.03. The third kappa shape index (κ3) is 4.29. The van der Waals surface area contributed by atoms with Crippen molar-refractivity contribution in [1.82, 2.24) is 4.98 Å². The molecule has 4 nitrogen and oxygen atoms in total. The Hall–Kier alpha value is -2.40. The van der Waals surface area contributed by atoms with Crippen LogP contribution in [0.25, 0.3) is 11.3 Å². The van der Waals surface area contributed by atoms with Crippen LogP contribution in [0.2, 0.25) is 0 Å². The maximum absolute atomic E-state index is 11.9. The van der Waals surface area contributed by atoms with Crippen LogP contribution in [0, 0.1) is 0 Å². The quantitative estimate of drug-likeness (QED) is 0.709. The lowest BCUT2D eigenvalue weighted by atomic mass is 10.2. The van der Waals surface area contributed by atoms with Crippen molar-refractivity contribution in [2.24, 2.45) is 0 Å². The van der Waals surface area contributed by atoms with Gasteiger partial charge < -0.3 is 9.73 Å². The summed E-state index contributed by atoms with van der Waals surface area (Å²) in [4.78, 5) is 16.1. The summed E-state index contributed by atoms with van der Waals surface area (Å²) >= 11 is 3.31. The van der Waals surface area contributed by atoms with Gasteiger partial charge in [0.15, 0.2) is 0 Å². The number of hydrogen-bond donors (Lipinski definition) is 1. The summed E-state index contributed by atoms with van der Waals surface area (Å²) in [6, 6.07) is 17.3. The first kappa shape index (κ1) is 15.5. The molecule has 0 saturated carbocycles. The molecule has 1 N–H and O–H groups in total. The molecule has 0 aliphatic carbocycles. The number of nitrogens with one attached hydrogen (secondary N) is 1. The minimum atomic E-state index is -0.0857. The molecular weight excluding hydrogens is 356 g/mol. The van der Waals surface area contributed by atoms with E-state index >= 15 is 0 Å². The standard InChI is InChI=1S/C18H15BrN2O2/c19-14-6-10-17(20-12-14)21-18(22)11-8-15-7-9-16(23-15)13-4-2-1-3-5-13/h1-7,9-10,12H,8,11H2,(H,20,21,22). The van der Waals surface area contributed by atoms with Gasteiger partial charge in [-0.3, -0.25) is 4.79 Å². The average molecular weight is 371 g/mol. The normalized spacial score (nSPS) is 10.5. The molecular formula is C18H15BrN2O2. The number of halogens is 1. The molecule has 0 fully saturated rings. The van der Waals surface area contributed by atoms with Crippen molar-refractivity contribution in [3.63, 3.8) is 0 Å². The summed E-state index contributed by atoms with van der Waals surface area (Å²) in [5, 5.41) is 2.77. The van der Waals surface area contributed by atoms with Crippen LogP contribution < -0.4 is 5.32 Å². The van der Waals surface area contributed by atoms with Crippen LogP contribution in [-0.2, 0) is 11.2 Å². The fourth-order valence-corrected chi connectivity index (χ4v) is 2.40. The van der Waals surface area contributed by atoms with Crippen LogP contribution in [0.15, 0.2) is 69.7 Å². The van der Waals surface area contributed by atoms with Gasteiger partial charge in [0.2, 0.25) is 5.91 Å². The zero-order valence-electron chi connectivity index (χ0n) is 12.3. The molecule has 0 aliphatic heterocycles. The Kier molecular flexibility index (Phi) is 4.88. The Balaban J connectivity index is 1.55. The number of rotatable bonds is 5. The highest BCUT2D eigenvalue weighted by Gasteiger charge is 2.08. The Bertz CT molecular complexity index is 782. The van der Waals surface area contributed by atoms with Crippen LogP contribution >= 0.6 is 15.9 Å². The molecule has 23 heavy (non-hydrogen) atoms. The molecule has 0 saturated heterocycles. The number of pyridine rings is 1. The molecule has 3 aromatic rings. The molecule has 0 bridgehead atoms. The van der Waals surface area contributed by atoms with E-state index in [0.29, 0.717) is 18.7 Å². The smallest absolute Gasteiger partial charge is 0.225 e. The fourth-order valence-electron chi connectivity index (χ4n) is 2.16. The van der Waals surface area contributed by atoms with E-state index in [9.17, 15) is 4.79 Å². The second-order valence-corrected chi connectivity index (χ2v) is 5.96. The summed E-state index contributed by atoms with van der Waals surface area (Å²) < 4.78 is 6.66. The van der Waals surface area contributed by atoms with Crippen LogP contribution in [0.4, 0.5) is 5.82 Å². The van der Waals surface area contributed by atoms with E-state index in [-0.39, 0.29) is 5.91 Å². The highest BCUT2D eigenvalue weighted by molar-refractivity contribution is 9.10. The van der Waals surface area contributed by atoms with Crippen molar-refractivity contribution in [1.29, 1.82) is 0 Å². The summed E-state index contributed by atoms with van der Waals surface area (Å²) in [6.07, 6.45) is 2.54. The third-order valence-corrected chi connectivity index (χ3v) is 3.78. The first-order chi connectivity index (χ1) is 11.2. The Labute approximate surface area is 142 Å². The number of furan rings is 1. The number of nitrogens with zero attached hydrogens (tertiary/aromatic N) is 1. The second kappa shape index (κ2) is 7.24. The van der Waals surface area contributed by atoms with Crippen molar-refractivity contribution in [2.45, 2.75) is 12.8 Å². The number of carbonyl (C=O) groups excluding carboxylic acids is 1. The molecule has 1 aromatic carbocycles. The van der Waals surface area contributed by atoms with E-state index < -0.39 is 0 Å². The molecule has 116 valence electrons. The molecule has 0 unspecified atom stereocenters. The lowest BCUT2D eigenvalue weighted by Crippen LogP contribution is -2.13. The molecule has 5 heteroatoms. The van der Waals surface area contributed by atoms with E-state index in [1.54, 1.807) is 12.3 Å². The summed E-state index contributed by atoms with van der Waals surface area (Å²) in [6.45, 7) is 0. The van der Waals surface area contributed by atoms with Crippen LogP contribution in [-0.4, -0.2) is 10.9 Å². The molecule has 0 aliphatic rings. The molecule has 3 rings (SSSR count). The van der Waals surface area contributed by atoms with Crippen LogP contribution in [0.1, 0.15) is 12.2 Å². The van der Waals surface area contributed by atoms with E-state index in [0.717, 1.165) is 21.6 Å². The maximum atomic E-state index is 11.9. The van der Waals surface area contributed by atoms with E-state index in [4.69, 9.17) is 4.42 Å².